The Morgan fingerprint density at radius 2 is 1.64 bits per heavy atom. The predicted molar refractivity (Wildman–Crippen MR) is 96.1 cm³/mol. The minimum Gasteiger partial charge on any atom is -0.497 e. The Labute approximate surface area is 147 Å². The number of methoxy groups -OCH3 is 1. The van der Waals surface area contributed by atoms with E-state index in [9.17, 15) is 14.7 Å². The molecular weight excluding hydrogens is 318 g/mol. The van der Waals surface area contributed by atoms with Gasteiger partial charge in [-0.3, -0.25) is 4.79 Å². The maximum atomic E-state index is 12.7. The van der Waals surface area contributed by atoms with E-state index in [1.807, 2.05) is 32.0 Å². The number of ether oxygens (including phenoxy) is 1. The summed E-state index contributed by atoms with van der Waals surface area (Å²) in [6.07, 6.45) is 0.229. The molecule has 0 saturated heterocycles. The van der Waals surface area contributed by atoms with Gasteiger partial charge in [-0.05, 0) is 43.7 Å². The van der Waals surface area contributed by atoms with Crippen molar-refractivity contribution in [3.05, 3.63) is 64.7 Å². The summed E-state index contributed by atoms with van der Waals surface area (Å²) in [4.78, 5) is 25.7. The lowest BCUT2D eigenvalue weighted by Crippen LogP contribution is -2.43. The maximum Gasteiger partial charge on any atom is 0.326 e. The van der Waals surface area contributed by atoms with Crippen molar-refractivity contribution in [2.45, 2.75) is 26.3 Å². The van der Waals surface area contributed by atoms with E-state index in [0.717, 1.165) is 16.7 Å². The van der Waals surface area contributed by atoms with Crippen LogP contribution in [0.25, 0.3) is 0 Å². The summed E-state index contributed by atoms with van der Waals surface area (Å²) < 4.78 is 5.11. The fourth-order valence-electron chi connectivity index (χ4n) is 2.82. The fraction of sp³-hybridized carbons (Fsp3) is 0.300. The Hall–Kier alpha value is -2.82. The monoisotopic (exact) mass is 341 g/mol. The van der Waals surface area contributed by atoms with Gasteiger partial charge < -0.3 is 14.7 Å². The molecule has 1 atom stereocenters. The van der Waals surface area contributed by atoms with Gasteiger partial charge in [-0.15, -0.1) is 0 Å². The lowest BCUT2D eigenvalue weighted by atomic mass is 10.0. The second-order valence-electron chi connectivity index (χ2n) is 6.20. The molecule has 2 aromatic rings. The summed E-state index contributed by atoms with van der Waals surface area (Å²) in [5.41, 5.74) is 3.27. The minimum absolute atomic E-state index is 0.229. The molecule has 1 N–H and O–H groups in total. The largest absolute Gasteiger partial charge is 0.497 e. The van der Waals surface area contributed by atoms with Gasteiger partial charge in [0.2, 0.25) is 0 Å². The summed E-state index contributed by atoms with van der Waals surface area (Å²) in [6.45, 7) is 3.83. The zero-order chi connectivity index (χ0) is 18.6. The van der Waals surface area contributed by atoms with Crippen molar-refractivity contribution in [3.63, 3.8) is 0 Å². The third kappa shape index (κ3) is 4.59. The molecule has 0 heterocycles. The van der Waals surface area contributed by atoms with Gasteiger partial charge in [0.05, 0.1) is 7.11 Å². The van der Waals surface area contributed by atoms with E-state index >= 15 is 0 Å². The van der Waals surface area contributed by atoms with Gasteiger partial charge in [-0.1, -0.05) is 29.3 Å². The number of carbonyl (C=O) groups excluding carboxylic acids is 1. The number of nitrogens with zero attached hydrogens (tertiary/aromatic N) is 1. The number of hydrogen-bond acceptors (Lipinski definition) is 3. The van der Waals surface area contributed by atoms with E-state index in [1.165, 1.54) is 11.9 Å². The molecule has 0 saturated carbocycles. The molecule has 0 aliphatic heterocycles. The van der Waals surface area contributed by atoms with E-state index < -0.39 is 12.0 Å². The van der Waals surface area contributed by atoms with Crippen molar-refractivity contribution in [1.82, 2.24) is 4.90 Å². The second kappa shape index (κ2) is 7.83. The molecule has 132 valence electrons. The first kappa shape index (κ1) is 18.5. The molecule has 5 heteroatoms. The third-order valence-electron chi connectivity index (χ3n) is 4.13. The third-order valence-corrected chi connectivity index (χ3v) is 4.13. The zero-order valence-electron chi connectivity index (χ0n) is 14.9. The zero-order valence-corrected chi connectivity index (χ0v) is 14.9. The lowest BCUT2D eigenvalue weighted by Gasteiger charge is -2.25. The number of benzene rings is 2. The predicted octanol–water partition coefficient (Wildman–Crippen LogP) is 3.08. The van der Waals surface area contributed by atoms with Gasteiger partial charge in [0.1, 0.15) is 11.8 Å². The molecule has 2 aromatic carbocycles. The van der Waals surface area contributed by atoms with Gasteiger partial charge in [-0.2, -0.15) is 0 Å². The summed E-state index contributed by atoms with van der Waals surface area (Å²) in [6, 6.07) is 11.8. The standard InChI is InChI=1S/C20H23NO4/c1-13-9-14(2)11-16(10-13)19(22)21(3)18(20(23)24)12-15-5-7-17(25-4)8-6-15/h5-11,18H,12H2,1-4H3,(H,23,24)/t18-/m0/s1. The number of carboxylic acid groups (broad SMARTS) is 1. The average molecular weight is 341 g/mol. The van der Waals surface area contributed by atoms with Crippen LogP contribution in [0.2, 0.25) is 0 Å². The Morgan fingerprint density at radius 1 is 1.08 bits per heavy atom. The van der Waals surface area contributed by atoms with Crippen LogP contribution in [0.15, 0.2) is 42.5 Å². The molecule has 0 bridgehead atoms. The first-order chi connectivity index (χ1) is 11.8. The number of carboxylic acids is 1. The second-order valence-corrected chi connectivity index (χ2v) is 6.20. The van der Waals surface area contributed by atoms with Crippen LogP contribution in [-0.4, -0.2) is 42.1 Å². The number of aliphatic carboxylic acids is 1. The Balaban J connectivity index is 2.22. The molecule has 0 radical (unpaired) electrons. The van der Waals surface area contributed by atoms with Crippen molar-refractivity contribution in [2.24, 2.45) is 0 Å². The summed E-state index contributed by atoms with van der Waals surface area (Å²) in [7, 11) is 3.10. The smallest absolute Gasteiger partial charge is 0.326 e. The van der Waals surface area contributed by atoms with Gasteiger partial charge in [0.25, 0.3) is 5.91 Å². The van der Waals surface area contributed by atoms with Crippen molar-refractivity contribution in [3.8, 4) is 5.75 Å². The van der Waals surface area contributed by atoms with Crippen LogP contribution >= 0.6 is 0 Å². The summed E-state index contributed by atoms with van der Waals surface area (Å²) in [5, 5.41) is 9.59. The van der Waals surface area contributed by atoms with E-state index in [4.69, 9.17) is 4.74 Å². The van der Waals surface area contributed by atoms with Crippen LogP contribution in [0.5, 0.6) is 5.75 Å². The van der Waals surface area contributed by atoms with Crippen molar-refractivity contribution < 1.29 is 19.4 Å². The molecule has 5 nitrogen and oxygen atoms in total. The van der Waals surface area contributed by atoms with E-state index in [2.05, 4.69) is 0 Å². The highest BCUT2D eigenvalue weighted by molar-refractivity contribution is 5.96. The fourth-order valence-corrected chi connectivity index (χ4v) is 2.82. The topological polar surface area (TPSA) is 66.8 Å². The van der Waals surface area contributed by atoms with Crippen molar-refractivity contribution >= 4 is 11.9 Å². The highest BCUT2D eigenvalue weighted by atomic mass is 16.5. The molecule has 0 fully saturated rings. The van der Waals surface area contributed by atoms with Gasteiger partial charge in [0, 0.05) is 19.0 Å². The van der Waals surface area contributed by atoms with E-state index in [1.54, 1.807) is 31.4 Å². The molecule has 25 heavy (non-hydrogen) atoms. The van der Waals surface area contributed by atoms with E-state index in [0.29, 0.717) is 11.3 Å². The molecule has 0 aliphatic carbocycles. The SMILES string of the molecule is COc1ccc(C[C@@H](C(=O)O)N(C)C(=O)c2cc(C)cc(C)c2)cc1. The van der Waals surface area contributed by atoms with Gasteiger partial charge in [-0.25, -0.2) is 4.79 Å². The molecule has 2 rings (SSSR count). The Morgan fingerprint density at radius 3 is 2.12 bits per heavy atom. The summed E-state index contributed by atoms with van der Waals surface area (Å²) in [5.74, 6) is -0.626. The molecular formula is C20H23NO4. The average Bonchev–Trinajstić information content (AvgIpc) is 2.57. The molecule has 0 unspecified atom stereocenters. The molecule has 1 amide bonds. The number of likely N-dealkylation sites (N-methyl/N-ethyl adjacent to an activating group) is 1. The quantitative estimate of drug-likeness (QED) is 0.877. The van der Waals surface area contributed by atoms with Crippen LogP contribution in [0.3, 0.4) is 0 Å². The van der Waals surface area contributed by atoms with Crippen molar-refractivity contribution in [1.29, 1.82) is 0 Å². The number of hydrogen-bond donors (Lipinski definition) is 1. The van der Waals surface area contributed by atoms with E-state index in [-0.39, 0.29) is 12.3 Å². The summed E-state index contributed by atoms with van der Waals surface area (Å²) >= 11 is 0. The molecule has 0 aliphatic rings. The normalized spacial score (nSPS) is 11.7. The van der Waals surface area contributed by atoms with Crippen LogP contribution in [-0.2, 0) is 11.2 Å². The van der Waals surface area contributed by atoms with Gasteiger partial charge >= 0.3 is 5.97 Å². The molecule has 0 spiro atoms. The first-order valence-electron chi connectivity index (χ1n) is 8.03. The van der Waals surface area contributed by atoms with Gasteiger partial charge in [0.15, 0.2) is 0 Å². The van der Waals surface area contributed by atoms with Crippen molar-refractivity contribution in [2.75, 3.05) is 14.2 Å². The highest BCUT2D eigenvalue weighted by Crippen LogP contribution is 2.17. The maximum absolute atomic E-state index is 12.7. The van der Waals surface area contributed by atoms with Crippen LogP contribution < -0.4 is 4.74 Å². The number of carbonyl (C=O) groups is 2. The number of aryl methyl sites for hydroxylation is 2. The highest BCUT2D eigenvalue weighted by Gasteiger charge is 2.27. The van der Waals surface area contributed by atoms with Crippen LogP contribution in [0, 0.1) is 13.8 Å². The molecule has 0 aromatic heterocycles. The number of amides is 1. The Bertz CT molecular complexity index is 748. The lowest BCUT2D eigenvalue weighted by molar-refractivity contribution is -0.141. The van der Waals surface area contributed by atoms with Crippen LogP contribution in [0.4, 0.5) is 0 Å². The first-order valence-corrected chi connectivity index (χ1v) is 8.03. The Kier molecular flexibility index (Phi) is 5.80. The minimum atomic E-state index is -1.03. The number of rotatable bonds is 6. The van der Waals surface area contributed by atoms with Crippen LogP contribution in [0.1, 0.15) is 27.0 Å².